The minimum atomic E-state index is 0.147. The predicted molar refractivity (Wildman–Crippen MR) is 110 cm³/mol. The first-order valence-electron chi connectivity index (χ1n) is 9.72. The van der Waals surface area contributed by atoms with Crippen LogP contribution in [-0.4, -0.2) is 30.4 Å². The minimum Gasteiger partial charge on any atom is -0.354 e. The van der Waals surface area contributed by atoms with E-state index in [1.807, 2.05) is 18.2 Å². The van der Waals surface area contributed by atoms with Crippen LogP contribution in [0.15, 0.2) is 47.8 Å². The minimum absolute atomic E-state index is 0.147. The third-order valence-corrected chi connectivity index (χ3v) is 6.46. The van der Waals surface area contributed by atoms with Gasteiger partial charge in [-0.25, -0.2) is 0 Å². The van der Waals surface area contributed by atoms with E-state index in [9.17, 15) is 4.79 Å². The quantitative estimate of drug-likeness (QED) is 0.757. The van der Waals surface area contributed by atoms with Gasteiger partial charge in [0, 0.05) is 17.8 Å². The summed E-state index contributed by atoms with van der Waals surface area (Å²) in [5.74, 6) is 1.21. The fraction of sp³-hybridized carbons (Fsp3) is 0.500. The largest absolute Gasteiger partial charge is 0.354 e. The molecule has 1 N–H and O–H groups in total. The molecule has 0 saturated carbocycles. The van der Waals surface area contributed by atoms with Crippen molar-refractivity contribution < 1.29 is 4.79 Å². The zero-order valence-corrected chi connectivity index (χ0v) is 16.7. The van der Waals surface area contributed by atoms with E-state index in [2.05, 4.69) is 53.7 Å². The van der Waals surface area contributed by atoms with Crippen molar-refractivity contribution >= 4 is 17.2 Å². The number of nitrogens with one attached hydrogen (secondary N) is 1. The molecule has 4 heteroatoms. The molecule has 1 aliphatic heterocycles. The summed E-state index contributed by atoms with van der Waals surface area (Å²) in [5, 5.41) is 5.34. The van der Waals surface area contributed by atoms with E-state index >= 15 is 0 Å². The number of carbonyl (C=O) groups is 1. The van der Waals surface area contributed by atoms with Crippen LogP contribution in [0.5, 0.6) is 0 Å². The van der Waals surface area contributed by atoms with Crippen molar-refractivity contribution in [2.45, 2.75) is 45.1 Å². The molecule has 1 saturated heterocycles. The van der Waals surface area contributed by atoms with Crippen LogP contribution in [0, 0.1) is 5.92 Å². The number of rotatable bonds is 7. The van der Waals surface area contributed by atoms with E-state index < -0.39 is 0 Å². The Hall–Kier alpha value is -1.65. The van der Waals surface area contributed by atoms with Crippen molar-refractivity contribution in [3.8, 4) is 0 Å². The number of piperidine rings is 1. The standard InChI is InChI=1S/C22H30N2OS/c1-17-10-12-24(13-11-17)20(21-9-6-14-26-21)16-23-22(25)15-18(2)19-7-4-3-5-8-19/h3-9,14,17-18,20H,10-13,15-16H2,1-2H3,(H,23,25). The van der Waals surface area contributed by atoms with Crippen molar-refractivity contribution in [3.63, 3.8) is 0 Å². The second-order valence-electron chi connectivity index (χ2n) is 7.57. The maximum Gasteiger partial charge on any atom is 0.220 e. The van der Waals surface area contributed by atoms with E-state index in [0.717, 1.165) is 19.0 Å². The monoisotopic (exact) mass is 370 g/mol. The van der Waals surface area contributed by atoms with Crippen LogP contribution >= 0.6 is 11.3 Å². The molecule has 1 aliphatic rings. The van der Waals surface area contributed by atoms with Crippen LogP contribution in [0.4, 0.5) is 0 Å². The highest BCUT2D eigenvalue weighted by Gasteiger charge is 2.25. The molecule has 1 fully saturated rings. The third-order valence-electron chi connectivity index (χ3n) is 5.48. The highest BCUT2D eigenvalue weighted by molar-refractivity contribution is 7.10. The van der Waals surface area contributed by atoms with Gasteiger partial charge in [0.2, 0.25) is 5.91 Å². The Kier molecular flexibility index (Phi) is 6.86. The lowest BCUT2D eigenvalue weighted by Crippen LogP contribution is -2.41. The lowest BCUT2D eigenvalue weighted by atomic mass is 9.97. The Bertz CT molecular complexity index is 663. The van der Waals surface area contributed by atoms with Gasteiger partial charge in [-0.2, -0.15) is 0 Å². The van der Waals surface area contributed by atoms with Crippen molar-refractivity contribution in [1.82, 2.24) is 10.2 Å². The average Bonchev–Trinajstić information content (AvgIpc) is 3.18. The number of carbonyl (C=O) groups excluding carboxylic acids is 1. The fourth-order valence-electron chi connectivity index (χ4n) is 3.69. The number of nitrogens with zero attached hydrogens (tertiary/aromatic N) is 1. The third kappa shape index (κ3) is 5.18. The summed E-state index contributed by atoms with van der Waals surface area (Å²) in [5.41, 5.74) is 1.22. The van der Waals surface area contributed by atoms with Gasteiger partial charge in [-0.15, -0.1) is 11.3 Å². The molecule has 3 nitrogen and oxygen atoms in total. The van der Waals surface area contributed by atoms with Gasteiger partial charge in [-0.3, -0.25) is 9.69 Å². The number of hydrogen-bond acceptors (Lipinski definition) is 3. The summed E-state index contributed by atoms with van der Waals surface area (Å²) >= 11 is 1.79. The molecule has 1 aromatic carbocycles. The number of thiophene rings is 1. The first-order chi connectivity index (χ1) is 12.6. The molecule has 140 valence electrons. The highest BCUT2D eigenvalue weighted by atomic mass is 32.1. The summed E-state index contributed by atoms with van der Waals surface area (Å²) in [6, 6.07) is 14.9. The van der Waals surface area contributed by atoms with Gasteiger partial charge in [0.05, 0.1) is 6.04 Å². The zero-order chi connectivity index (χ0) is 18.4. The fourth-order valence-corrected chi connectivity index (χ4v) is 4.55. The highest BCUT2D eigenvalue weighted by Crippen LogP contribution is 2.29. The van der Waals surface area contributed by atoms with Crippen LogP contribution < -0.4 is 5.32 Å². The lowest BCUT2D eigenvalue weighted by molar-refractivity contribution is -0.121. The molecule has 2 heterocycles. The maximum atomic E-state index is 12.5. The Morgan fingerprint density at radius 3 is 2.58 bits per heavy atom. The molecule has 1 amide bonds. The van der Waals surface area contributed by atoms with Gasteiger partial charge in [-0.1, -0.05) is 50.2 Å². The Balaban J connectivity index is 1.56. The molecule has 0 bridgehead atoms. The van der Waals surface area contributed by atoms with Gasteiger partial charge in [-0.05, 0) is 54.8 Å². The summed E-state index contributed by atoms with van der Waals surface area (Å²) in [6.45, 7) is 7.41. The Morgan fingerprint density at radius 1 is 1.19 bits per heavy atom. The van der Waals surface area contributed by atoms with E-state index in [0.29, 0.717) is 19.0 Å². The smallest absolute Gasteiger partial charge is 0.220 e. The topological polar surface area (TPSA) is 32.3 Å². The van der Waals surface area contributed by atoms with Crippen LogP contribution in [0.25, 0.3) is 0 Å². The summed E-state index contributed by atoms with van der Waals surface area (Å²) in [6.07, 6.45) is 3.04. The van der Waals surface area contributed by atoms with Crippen molar-refractivity contribution in [2.24, 2.45) is 5.92 Å². The van der Waals surface area contributed by atoms with Gasteiger partial charge in [0.25, 0.3) is 0 Å². The number of amides is 1. The molecule has 0 aliphatic carbocycles. The Morgan fingerprint density at radius 2 is 1.92 bits per heavy atom. The molecule has 0 spiro atoms. The molecular formula is C22H30N2OS. The van der Waals surface area contributed by atoms with Crippen LogP contribution in [-0.2, 0) is 4.79 Å². The van der Waals surface area contributed by atoms with Crippen molar-refractivity contribution in [2.75, 3.05) is 19.6 Å². The van der Waals surface area contributed by atoms with Gasteiger partial charge in [0.15, 0.2) is 0 Å². The average molecular weight is 371 g/mol. The maximum absolute atomic E-state index is 12.5. The number of hydrogen-bond donors (Lipinski definition) is 1. The van der Waals surface area contributed by atoms with Gasteiger partial charge < -0.3 is 5.32 Å². The summed E-state index contributed by atoms with van der Waals surface area (Å²) in [7, 11) is 0. The zero-order valence-electron chi connectivity index (χ0n) is 15.9. The molecule has 2 atom stereocenters. The van der Waals surface area contributed by atoms with Crippen LogP contribution in [0.2, 0.25) is 0 Å². The molecule has 26 heavy (non-hydrogen) atoms. The van der Waals surface area contributed by atoms with Gasteiger partial charge >= 0.3 is 0 Å². The van der Waals surface area contributed by atoms with E-state index in [1.54, 1.807) is 11.3 Å². The van der Waals surface area contributed by atoms with Crippen LogP contribution in [0.1, 0.15) is 55.5 Å². The predicted octanol–water partition coefficient (Wildman–Crippen LogP) is 4.83. The molecule has 3 rings (SSSR count). The molecule has 0 radical (unpaired) electrons. The van der Waals surface area contributed by atoms with Gasteiger partial charge in [0.1, 0.15) is 0 Å². The van der Waals surface area contributed by atoms with Crippen molar-refractivity contribution in [1.29, 1.82) is 0 Å². The number of likely N-dealkylation sites (tertiary alicyclic amines) is 1. The lowest BCUT2D eigenvalue weighted by Gasteiger charge is -2.36. The Labute approximate surface area is 161 Å². The van der Waals surface area contributed by atoms with Crippen LogP contribution in [0.3, 0.4) is 0 Å². The summed E-state index contributed by atoms with van der Waals surface area (Å²) in [4.78, 5) is 16.4. The first kappa shape index (κ1) is 19.1. The van der Waals surface area contributed by atoms with E-state index in [1.165, 1.54) is 23.3 Å². The molecular weight excluding hydrogens is 340 g/mol. The second kappa shape index (κ2) is 9.33. The summed E-state index contributed by atoms with van der Waals surface area (Å²) < 4.78 is 0. The SMILES string of the molecule is CC1CCN(C(CNC(=O)CC(C)c2ccccc2)c2cccs2)CC1. The van der Waals surface area contributed by atoms with Crippen molar-refractivity contribution in [3.05, 3.63) is 58.3 Å². The van der Waals surface area contributed by atoms with E-state index in [4.69, 9.17) is 0 Å². The first-order valence-corrected chi connectivity index (χ1v) is 10.6. The number of benzene rings is 1. The normalized spacial score (nSPS) is 18.4. The second-order valence-corrected chi connectivity index (χ2v) is 8.55. The van der Waals surface area contributed by atoms with E-state index in [-0.39, 0.29) is 11.8 Å². The molecule has 1 aromatic heterocycles. The molecule has 2 aromatic rings. The molecule has 2 unspecified atom stereocenters.